The quantitative estimate of drug-likeness (QED) is 0.839. The van der Waals surface area contributed by atoms with E-state index in [4.69, 9.17) is 0 Å². The molecule has 2 aromatic rings. The van der Waals surface area contributed by atoms with Gasteiger partial charge in [-0.05, 0) is 38.5 Å². The van der Waals surface area contributed by atoms with Crippen molar-refractivity contribution < 1.29 is 19.1 Å². The molecular formula is C18H22FN3O3. The number of aromatic nitrogens is 2. The number of carbonyl (C=O) groups excluding carboxylic acids is 1. The smallest absolute Gasteiger partial charge is 0.312 e. The van der Waals surface area contributed by atoms with Crippen molar-refractivity contribution in [3.8, 4) is 0 Å². The molecular weight excluding hydrogens is 325 g/mol. The second-order valence-electron chi connectivity index (χ2n) is 6.12. The Morgan fingerprint density at radius 3 is 2.36 bits per heavy atom. The summed E-state index contributed by atoms with van der Waals surface area (Å²) in [5, 5.41) is 16.4. The fourth-order valence-corrected chi connectivity index (χ4v) is 2.95. The van der Waals surface area contributed by atoms with E-state index in [0.29, 0.717) is 5.56 Å². The minimum Gasteiger partial charge on any atom is -0.481 e. The first-order valence-corrected chi connectivity index (χ1v) is 7.98. The van der Waals surface area contributed by atoms with Crippen LogP contribution in [0.5, 0.6) is 0 Å². The van der Waals surface area contributed by atoms with Crippen molar-refractivity contribution in [3.63, 3.8) is 0 Å². The summed E-state index contributed by atoms with van der Waals surface area (Å²) in [5.74, 6) is -3.17. The molecule has 1 amide bonds. The predicted molar refractivity (Wildman–Crippen MR) is 90.9 cm³/mol. The van der Waals surface area contributed by atoms with Gasteiger partial charge in [0.05, 0.1) is 17.5 Å². The van der Waals surface area contributed by atoms with Crippen LogP contribution in [0.2, 0.25) is 0 Å². The van der Waals surface area contributed by atoms with Crippen molar-refractivity contribution in [1.29, 1.82) is 0 Å². The van der Waals surface area contributed by atoms with Crippen molar-refractivity contribution in [2.45, 2.75) is 32.6 Å². The number of rotatable bonds is 6. The maximum atomic E-state index is 13.0. The minimum absolute atomic E-state index is 0.0670. The summed E-state index contributed by atoms with van der Waals surface area (Å²) in [5.41, 5.74) is 2.95. The molecule has 134 valence electrons. The van der Waals surface area contributed by atoms with E-state index in [2.05, 4.69) is 10.4 Å². The molecule has 25 heavy (non-hydrogen) atoms. The zero-order valence-electron chi connectivity index (χ0n) is 14.7. The summed E-state index contributed by atoms with van der Waals surface area (Å²) in [7, 11) is 1.81. The number of halogens is 1. The fraction of sp³-hybridized carbons (Fsp3) is 0.389. The van der Waals surface area contributed by atoms with E-state index in [1.54, 1.807) is 11.6 Å². The standard InChI is InChI=1S/C18H22FN3O3/c1-10(16-11(2)21-22(4)12(16)3)17(23)20-9-15(18(24)25)13-5-7-14(19)8-6-13/h5-8,10,15H,9H2,1-4H3,(H,20,23)(H,24,25). The molecule has 0 aliphatic heterocycles. The van der Waals surface area contributed by atoms with E-state index in [9.17, 15) is 19.1 Å². The van der Waals surface area contributed by atoms with Crippen LogP contribution in [-0.4, -0.2) is 33.3 Å². The number of carboxylic acids is 1. The average Bonchev–Trinajstić information content (AvgIpc) is 2.80. The van der Waals surface area contributed by atoms with Gasteiger partial charge in [0.15, 0.2) is 0 Å². The number of benzene rings is 1. The monoisotopic (exact) mass is 347 g/mol. The highest BCUT2D eigenvalue weighted by Crippen LogP contribution is 2.23. The van der Waals surface area contributed by atoms with Crippen molar-refractivity contribution in [1.82, 2.24) is 15.1 Å². The molecule has 0 aliphatic carbocycles. The number of nitrogens with one attached hydrogen (secondary N) is 1. The topological polar surface area (TPSA) is 84.2 Å². The number of carbonyl (C=O) groups is 2. The van der Waals surface area contributed by atoms with E-state index in [0.717, 1.165) is 17.0 Å². The zero-order valence-corrected chi connectivity index (χ0v) is 14.7. The van der Waals surface area contributed by atoms with Gasteiger partial charge in [0.2, 0.25) is 5.91 Å². The molecule has 2 rings (SSSR count). The molecule has 2 unspecified atom stereocenters. The highest BCUT2D eigenvalue weighted by atomic mass is 19.1. The minimum atomic E-state index is -1.08. The van der Waals surface area contributed by atoms with Crippen molar-refractivity contribution in [2.75, 3.05) is 6.54 Å². The molecule has 2 N–H and O–H groups in total. The van der Waals surface area contributed by atoms with Crippen LogP contribution < -0.4 is 5.32 Å². The molecule has 0 saturated heterocycles. The Bertz CT molecular complexity index is 784. The van der Waals surface area contributed by atoms with Gasteiger partial charge in [0.25, 0.3) is 0 Å². The molecule has 7 heteroatoms. The summed E-state index contributed by atoms with van der Waals surface area (Å²) in [6.45, 7) is 5.42. The Hall–Kier alpha value is -2.70. The third-order valence-electron chi connectivity index (χ3n) is 4.44. The number of carboxylic acid groups (broad SMARTS) is 1. The Morgan fingerprint density at radius 1 is 1.28 bits per heavy atom. The normalized spacial score (nSPS) is 13.3. The lowest BCUT2D eigenvalue weighted by Crippen LogP contribution is -2.34. The second kappa shape index (κ2) is 7.46. The van der Waals surface area contributed by atoms with E-state index < -0.39 is 23.6 Å². The van der Waals surface area contributed by atoms with Crippen LogP contribution in [-0.2, 0) is 16.6 Å². The highest BCUT2D eigenvalue weighted by molar-refractivity contribution is 5.85. The van der Waals surface area contributed by atoms with Gasteiger partial charge in [0, 0.05) is 24.8 Å². The van der Waals surface area contributed by atoms with E-state index in [1.807, 2.05) is 20.9 Å². The van der Waals surface area contributed by atoms with E-state index in [-0.39, 0.29) is 12.5 Å². The van der Waals surface area contributed by atoms with Crippen LogP contribution in [0.15, 0.2) is 24.3 Å². The first-order valence-electron chi connectivity index (χ1n) is 7.98. The third kappa shape index (κ3) is 4.04. The molecule has 0 spiro atoms. The number of hydrogen-bond acceptors (Lipinski definition) is 3. The van der Waals surface area contributed by atoms with Crippen LogP contribution in [0.3, 0.4) is 0 Å². The lowest BCUT2D eigenvalue weighted by molar-refractivity contribution is -0.138. The van der Waals surface area contributed by atoms with Crippen LogP contribution >= 0.6 is 0 Å². The van der Waals surface area contributed by atoms with Gasteiger partial charge in [-0.2, -0.15) is 5.10 Å². The van der Waals surface area contributed by atoms with Crippen LogP contribution in [0.1, 0.15) is 41.3 Å². The molecule has 0 bridgehead atoms. The van der Waals surface area contributed by atoms with E-state index in [1.165, 1.54) is 24.3 Å². The van der Waals surface area contributed by atoms with Gasteiger partial charge in [-0.1, -0.05) is 12.1 Å². The first-order chi connectivity index (χ1) is 11.7. The van der Waals surface area contributed by atoms with Gasteiger partial charge < -0.3 is 10.4 Å². The van der Waals surface area contributed by atoms with Gasteiger partial charge >= 0.3 is 5.97 Å². The summed E-state index contributed by atoms with van der Waals surface area (Å²) in [6, 6.07) is 5.24. The Labute approximate surface area is 145 Å². The first kappa shape index (κ1) is 18.6. The molecule has 1 heterocycles. The van der Waals surface area contributed by atoms with E-state index >= 15 is 0 Å². The number of hydrogen-bond donors (Lipinski definition) is 2. The predicted octanol–water partition coefficient (Wildman–Crippen LogP) is 2.26. The molecule has 2 atom stereocenters. The summed E-state index contributed by atoms with van der Waals surface area (Å²) in [4.78, 5) is 24.0. The SMILES string of the molecule is Cc1nn(C)c(C)c1C(C)C(=O)NCC(C(=O)O)c1ccc(F)cc1. The number of amides is 1. The molecule has 1 aromatic heterocycles. The maximum absolute atomic E-state index is 13.0. The van der Waals surface area contributed by atoms with Gasteiger partial charge in [-0.3, -0.25) is 14.3 Å². The highest BCUT2D eigenvalue weighted by Gasteiger charge is 2.25. The third-order valence-corrected chi connectivity index (χ3v) is 4.44. The van der Waals surface area contributed by atoms with Crippen LogP contribution in [0, 0.1) is 19.7 Å². The number of aryl methyl sites for hydroxylation is 2. The molecule has 6 nitrogen and oxygen atoms in total. The largest absolute Gasteiger partial charge is 0.481 e. The molecule has 0 saturated carbocycles. The number of nitrogens with zero attached hydrogens (tertiary/aromatic N) is 2. The lowest BCUT2D eigenvalue weighted by Gasteiger charge is -2.17. The Morgan fingerprint density at radius 2 is 1.88 bits per heavy atom. The van der Waals surface area contributed by atoms with Crippen molar-refractivity contribution in [3.05, 3.63) is 52.6 Å². The Kier molecular flexibility index (Phi) is 5.56. The van der Waals surface area contributed by atoms with Crippen molar-refractivity contribution in [2.24, 2.45) is 7.05 Å². The van der Waals surface area contributed by atoms with Gasteiger partial charge in [-0.15, -0.1) is 0 Å². The lowest BCUT2D eigenvalue weighted by atomic mass is 9.96. The summed E-state index contributed by atoms with van der Waals surface area (Å²) >= 11 is 0. The average molecular weight is 347 g/mol. The van der Waals surface area contributed by atoms with Gasteiger partial charge in [0.1, 0.15) is 5.82 Å². The van der Waals surface area contributed by atoms with Gasteiger partial charge in [-0.25, -0.2) is 4.39 Å². The second-order valence-corrected chi connectivity index (χ2v) is 6.12. The van der Waals surface area contributed by atoms with Crippen molar-refractivity contribution >= 4 is 11.9 Å². The molecule has 1 aromatic carbocycles. The summed E-state index contributed by atoms with van der Waals surface area (Å²) < 4.78 is 14.7. The van der Waals surface area contributed by atoms with Crippen LogP contribution in [0.4, 0.5) is 4.39 Å². The summed E-state index contributed by atoms with van der Waals surface area (Å²) in [6.07, 6.45) is 0. The molecule has 0 radical (unpaired) electrons. The fourth-order valence-electron chi connectivity index (χ4n) is 2.95. The molecule has 0 fully saturated rings. The number of aliphatic carboxylic acids is 1. The molecule has 0 aliphatic rings. The zero-order chi connectivity index (χ0) is 18.7. The Balaban J connectivity index is 2.11. The maximum Gasteiger partial charge on any atom is 0.312 e. The van der Waals surface area contributed by atoms with Crippen LogP contribution in [0.25, 0.3) is 0 Å².